The van der Waals surface area contributed by atoms with Crippen LogP contribution in [0.15, 0.2) is 0 Å². The molecule has 0 unspecified atom stereocenters. The molecule has 0 bridgehead atoms. The third kappa shape index (κ3) is 4.06. The van der Waals surface area contributed by atoms with Gasteiger partial charge >= 0.3 is 0 Å². The summed E-state index contributed by atoms with van der Waals surface area (Å²) in [5.41, 5.74) is 1.75. The molecule has 102 valence electrons. The third-order valence-corrected chi connectivity index (χ3v) is 4.20. The lowest BCUT2D eigenvalue weighted by atomic mass is 9.93. The quantitative estimate of drug-likeness (QED) is 0.784. The molecule has 1 aromatic heterocycles. The Balaban J connectivity index is 2.06. The van der Waals surface area contributed by atoms with Crippen molar-refractivity contribution in [3.8, 4) is 0 Å². The van der Waals surface area contributed by atoms with E-state index in [2.05, 4.69) is 33.0 Å². The van der Waals surface area contributed by atoms with E-state index in [0.29, 0.717) is 5.41 Å². The second kappa shape index (κ2) is 5.70. The average molecular weight is 266 g/mol. The molecule has 1 aliphatic rings. The van der Waals surface area contributed by atoms with Gasteiger partial charge in [-0.15, -0.1) is 11.3 Å². The molecule has 0 atom stereocenters. The van der Waals surface area contributed by atoms with Crippen molar-refractivity contribution < 1.29 is 0 Å². The van der Waals surface area contributed by atoms with Gasteiger partial charge in [0.25, 0.3) is 0 Å². The van der Waals surface area contributed by atoms with E-state index in [-0.39, 0.29) is 0 Å². The summed E-state index contributed by atoms with van der Waals surface area (Å²) in [4.78, 5) is 6.41. The summed E-state index contributed by atoms with van der Waals surface area (Å²) in [6.07, 6.45) is 5.00. The molecule has 1 aliphatic carbocycles. The molecule has 1 fully saturated rings. The van der Waals surface area contributed by atoms with Gasteiger partial charge in [0.05, 0.1) is 10.7 Å². The van der Waals surface area contributed by atoms with E-state index >= 15 is 0 Å². The van der Waals surface area contributed by atoms with E-state index in [1.54, 1.807) is 0 Å². The van der Waals surface area contributed by atoms with Crippen LogP contribution in [-0.2, 0) is 13.0 Å². The summed E-state index contributed by atoms with van der Waals surface area (Å²) >= 11 is 1.93. The molecule has 1 N–H and O–H groups in total. The molecule has 1 saturated carbocycles. The maximum absolute atomic E-state index is 4.91. The van der Waals surface area contributed by atoms with Crippen LogP contribution in [0.5, 0.6) is 0 Å². The molecule has 0 saturated heterocycles. The first-order valence-corrected chi connectivity index (χ1v) is 8.00. The van der Waals surface area contributed by atoms with Gasteiger partial charge in [0.15, 0.2) is 0 Å². The van der Waals surface area contributed by atoms with Crippen LogP contribution >= 0.6 is 11.3 Å². The molecular formula is C15H26N2S. The molecule has 0 spiro atoms. The van der Waals surface area contributed by atoms with Gasteiger partial charge in [0.1, 0.15) is 0 Å². The molecule has 0 aromatic carbocycles. The van der Waals surface area contributed by atoms with E-state index < -0.39 is 0 Å². The number of hydrogen-bond donors (Lipinski definition) is 1. The zero-order chi connectivity index (χ0) is 13.2. The average Bonchev–Trinajstić information content (AvgIpc) is 3.01. The Kier molecular flexibility index (Phi) is 4.44. The van der Waals surface area contributed by atoms with Crippen LogP contribution < -0.4 is 5.32 Å². The van der Waals surface area contributed by atoms with Gasteiger partial charge in [-0.05, 0) is 31.2 Å². The Labute approximate surface area is 115 Å². The lowest BCUT2D eigenvalue weighted by molar-refractivity contribution is 0.410. The summed E-state index contributed by atoms with van der Waals surface area (Å²) in [7, 11) is 0. The zero-order valence-electron chi connectivity index (χ0n) is 12.2. The van der Waals surface area contributed by atoms with E-state index in [4.69, 9.17) is 4.98 Å². The number of rotatable bonds is 6. The first-order chi connectivity index (χ1) is 8.49. The van der Waals surface area contributed by atoms with Gasteiger partial charge in [-0.2, -0.15) is 0 Å². The van der Waals surface area contributed by atoms with Crippen LogP contribution in [-0.4, -0.2) is 11.5 Å². The molecule has 0 amide bonds. The topological polar surface area (TPSA) is 24.9 Å². The third-order valence-electron chi connectivity index (χ3n) is 3.13. The molecule has 2 rings (SSSR count). The number of hydrogen-bond acceptors (Lipinski definition) is 3. The Morgan fingerprint density at radius 1 is 1.33 bits per heavy atom. The molecule has 3 heteroatoms. The van der Waals surface area contributed by atoms with Crippen LogP contribution in [0.1, 0.15) is 68.5 Å². The summed E-state index contributed by atoms with van der Waals surface area (Å²) in [5, 5.41) is 4.85. The second-order valence-corrected chi connectivity index (χ2v) is 7.77. The Hall–Kier alpha value is -0.410. The minimum atomic E-state index is 0.340. The number of nitrogens with one attached hydrogen (secondary N) is 1. The normalized spacial score (nSPS) is 16.2. The smallest absolute Gasteiger partial charge is 0.0936 e. The van der Waals surface area contributed by atoms with E-state index in [1.807, 2.05) is 11.3 Å². The van der Waals surface area contributed by atoms with Gasteiger partial charge in [-0.25, -0.2) is 4.98 Å². The van der Waals surface area contributed by atoms with Crippen molar-refractivity contribution in [2.45, 2.75) is 65.8 Å². The highest BCUT2D eigenvalue weighted by atomic mass is 32.1. The zero-order valence-corrected chi connectivity index (χ0v) is 13.0. The van der Waals surface area contributed by atoms with Crippen molar-refractivity contribution in [3.63, 3.8) is 0 Å². The molecule has 1 aromatic rings. The number of nitrogens with zero attached hydrogens (tertiary/aromatic N) is 1. The highest BCUT2D eigenvalue weighted by molar-refractivity contribution is 7.11. The van der Waals surface area contributed by atoms with Gasteiger partial charge in [0, 0.05) is 23.8 Å². The van der Waals surface area contributed by atoms with Crippen LogP contribution in [0.25, 0.3) is 0 Å². The van der Waals surface area contributed by atoms with E-state index in [9.17, 15) is 0 Å². The molecule has 1 heterocycles. The van der Waals surface area contributed by atoms with Crippen LogP contribution in [0.4, 0.5) is 0 Å². The van der Waals surface area contributed by atoms with Gasteiger partial charge in [-0.3, -0.25) is 0 Å². The Bertz CT molecular complexity index is 386. The highest BCUT2D eigenvalue weighted by Crippen LogP contribution is 2.43. The lowest BCUT2D eigenvalue weighted by Crippen LogP contribution is -2.13. The van der Waals surface area contributed by atoms with Crippen molar-refractivity contribution in [1.29, 1.82) is 0 Å². The molecule has 2 nitrogen and oxygen atoms in total. The van der Waals surface area contributed by atoms with Crippen molar-refractivity contribution in [1.82, 2.24) is 10.3 Å². The first kappa shape index (κ1) is 14.0. The van der Waals surface area contributed by atoms with Crippen LogP contribution in [0.2, 0.25) is 0 Å². The van der Waals surface area contributed by atoms with Crippen molar-refractivity contribution in [2.75, 3.05) is 6.54 Å². The van der Waals surface area contributed by atoms with Gasteiger partial charge in [-0.1, -0.05) is 27.7 Å². The second-order valence-electron chi connectivity index (χ2n) is 6.60. The standard InChI is InChI=1S/C15H26N2S/c1-5-8-16-10-12-14(11-6-7-11)17-13(18-12)9-15(2,3)4/h11,16H,5-10H2,1-4H3. The lowest BCUT2D eigenvalue weighted by Gasteiger charge is -2.15. The fourth-order valence-corrected chi connectivity index (χ4v) is 3.55. The molecular weight excluding hydrogens is 240 g/mol. The van der Waals surface area contributed by atoms with Gasteiger partial charge < -0.3 is 5.32 Å². The summed E-state index contributed by atoms with van der Waals surface area (Å²) in [6, 6.07) is 0. The van der Waals surface area contributed by atoms with Crippen molar-refractivity contribution >= 4 is 11.3 Å². The fourth-order valence-electron chi connectivity index (χ4n) is 2.12. The summed E-state index contributed by atoms with van der Waals surface area (Å²) < 4.78 is 0. The maximum Gasteiger partial charge on any atom is 0.0936 e. The highest BCUT2D eigenvalue weighted by Gasteiger charge is 2.30. The minimum absolute atomic E-state index is 0.340. The number of aromatic nitrogens is 1. The predicted octanol–water partition coefficient (Wildman–Crippen LogP) is 4.11. The number of thiazole rings is 1. The van der Waals surface area contributed by atoms with Crippen molar-refractivity contribution in [2.24, 2.45) is 5.41 Å². The van der Waals surface area contributed by atoms with E-state index in [1.165, 1.54) is 34.8 Å². The minimum Gasteiger partial charge on any atom is -0.312 e. The van der Waals surface area contributed by atoms with Crippen LogP contribution in [0.3, 0.4) is 0 Å². The molecule has 0 radical (unpaired) electrons. The van der Waals surface area contributed by atoms with Crippen LogP contribution in [0, 0.1) is 5.41 Å². The maximum atomic E-state index is 4.91. The van der Waals surface area contributed by atoms with Gasteiger partial charge in [0.2, 0.25) is 0 Å². The molecule has 0 aliphatic heterocycles. The summed E-state index contributed by atoms with van der Waals surface area (Å²) in [5.74, 6) is 0.772. The SMILES string of the molecule is CCCNCc1sc(CC(C)(C)C)nc1C1CC1. The monoisotopic (exact) mass is 266 g/mol. The largest absolute Gasteiger partial charge is 0.312 e. The Morgan fingerprint density at radius 3 is 2.61 bits per heavy atom. The Morgan fingerprint density at radius 2 is 2.06 bits per heavy atom. The fraction of sp³-hybridized carbons (Fsp3) is 0.800. The van der Waals surface area contributed by atoms with Crippen molar-refractivity contribution in [3.05, 3.63) is 15.6 Å². The predicted molar refractivity (Wildman–Crippen MR) is 79.2 cm³/mol. The first-order valence-electron chi connectivity index (χ1n) is 7.19. The van der Waals surface area contributed by atoms with E-state index in [0.717, 1.165) is 25.4 Å². The summed E-state index contributed by atoms with van der Waals surface area (Å²) in [6.45, 7) is 11.2. The molecule has 18 heavy (non-hydrogen) atoms.